The summed E-state index contributed by atoms with van der Waals surface area (Å²) in [6.07, 6.45) is 3.36. The molecule has 1 aliphatic rings. The van der Waals surface area contributed by atoms with Crippen molar-refractivity contribution in [1.29, 1.82) is 0 Å². The van der Waals surface area contributed by atoms with Crippen molar-refractivity contribution >= 4 is 23.2 Å². The Morgan fingerprint density at radius 2 is 1.81 bits per heavy atom. The first kappa shape index (κ1) is 21.3. The summed E-state index contributed by atoms with van der Waals surface area (Å²) in [5.41, 5.74) is -0.600. The number of halogens is 2. The fourth-order valence-corrected chi connectivity index (χ4v) is 4.07. The Labute approximate surface area is 186 Å². The van der Waals surface area contributed by atoms with Crippen molar-refractivity contribution in [3.8, 4) is 17.3 Å². The minimum Gasteiger partial charge on any atom is -0.434 e. The Morgan fingerprint density at radius 3 is 2.42 bits per heavy atom. The number of aromatic amines is 2. The van der Waals surface area contributed by atoms with Crippen LogP contribution in [0.4, 0.5) is 0 Å². The first-order chi connectivity index (χ1) is 14.7. The zero-order valence-electron chi connectivity index (χ0n) is 16.7. The van der Waals surface area contributed by atoms with Crippen molar-refractivity contribution in [2.75, 3.05) is 0 Å². The molecule has 2 N–H and O–H groups in total. The third-order valence-corrected chi connectivity index (χ3v) is 6.14. The maximum Gasteiger partial charge on any atom is 0.349 e. The van der Waals surface area contributed by atoms with E-state index >= 15 is 0 Å². The lowest BCUT2D eigenvalue weighted by atomic mass is 9.74. The molecular weight excluding hydrogens is 445 g/mol. The topological polar surface area (TPSA) is 123 Å². The Hall–Kier alpha value is -2.91. The number of rotatable bonds is 5. The molecule has 1 fully saturated rings. The van der Waals surface area contributed by atoms with Crippen molar-refractivity contribution < 1.29 is 4.74 Å². The Bertz CT molecular complexity index is 1300. The predicted octanol–water partition coefficient (Wildman–Crippen LogP) is 3.32. The van der Waals surface area contributed by atoms with Gasteiger partial charge in [0.05, 0.1) is 15.7 Å². The van der Waals surface area contributed by atoms with Gasteiger partial charge >= 0.3 is 5.69 Å². The maximum atomic E-state index is 12.2. The molecular formula is C20H19Cl2N5O4. The lowest BCUT2D eigenvalue weighted by Crippen LogP contribution is -2.32. The van der Waals surface area contributed by atoms with E-state index in [1.807, 2.05) is 6.92 Å². The highest BCUT2D eigenvalue weighted by molar-refractivity contribution is 6.37. The summed E-state index contributed by atoms with van der Waals surface area (Å²) < 4.78 is 6.75. The highest BCUT2D eigenvalue weighted by atomic mass is 35.5. The smallest absolute Gasteiger partial charge is 0.349 e. The van der Waals surface area contributed by atoms with Gasteiger partial charge in [-0.25, -0.2) is 9.89 Å². The summed E-state index contributed by atoms with van der Waals surface area (Å²) in [4.78, 5) is 38.0. The first-order valence-corrected chi connectivity index (χ1v) is 10.5. The molecule has 0 unspecified atom stereocenters. The summed E-state index contributed by atoms with van der Waals surface area (Å²) in [5, 5.41) is 10.6. The second kappa shape index (κ2) is 8.32. The largest absolute Gasteiger partial charge is 0.434 e. The van der Waals surface area contributed by atoms with Crippen LogP contribution in [-0.2, 0) is 0 Å². The van der Waals surface area contributed by atoms with Gasteiger partial charge in [0.15, 0.2) is 5.75 Å². The van der Waals surface area contributed by atoms with Crippen LogP contribution in [0.1, 0.15) is 43.4 Å². The van der Waals surface area contributed by atoms with Crippen LogP contribution in [0.2, 0.25) is 10.0 Å². The zero-order chi connectivity index (χ0) is 22.3. The quantitative estimate of drug-likeness (QED) is 0.597. The van der Waals surface area contributed by atoms with E-state index in [0.29, 0.717) is 11.5 Å². The summed E-state index contributed by atoms with van der Waals surface area (Å²) in [6, 6.07) is 4.46. The monoisotopic (exact) mass is 463 g/mol. The van der Waals surface area contributed by atoms with Gasteiger partial charge in [-0.15, -0.1) is 5.10 Å². The number of aromatic nitrogens is 5. The summed E-state index contributed by atoms with van der Waals surface area (Å²) >= 11 is 12.7. The first-order valence-electron chi connectivity index (χ1n) is 9.71. The fraction of sp³-hybridized carbons (Fsp3) is 0.350. The van der Waals surface area contributed by atoms with Crippen LogP contribution in [0.5, 0.6) is 11.6 Å². The highest BCUT2D eigenvalue weighted by Gasteiger charge is 2.27. The van der Waals surface area contributed by atoms with Crippen LogP contribution in [0.15, 0.2) is 32.6 Å². The molecule has 31 heavy (non-hydrogen) atoms. The molecule has 9 nitrogen and oxygen atoms in total. The van der Waals surface area contributed by atoms with E-state index in [1.165, 1.54) is 25.5 Å². The van der Waals surface area contributed by atoms with Crippen molar-refractivity contribution in [3.63, 3.8) is 0 Å². The average Bonchev–Trinajstić information content (AvgIpc) is 2.67. The summed E-state index contributed by atoms with van der Waals surface area (Å²) in [6.45, 7) is 3.49. The van der Waals surface area contributed by atoms with E-state index in [4.69, 9.17) is 27.9 Å². The van der Waals surface area contributed by atoms with Crippen LogP contribution in [-0.4, -0.2) is 25.0 Å². The van der Waals surface area contributed by atoms with Gasteiger partial charge in [0, 0.05) is 11.6 Å². The second-order valence-corrected chi connectivity index (χ2v) is 8.38. The third-order valence-electron chi connectivity index (χ3n) is 5.58. The molecule has 3 aromatic rings. The van der Waals surface area contributed by atoms with Gasteiger partial charge in [-0.3, -0.25) is 14.6 Å². The van der Waals surface area contributed by atoms with Gasteiger partial charge in [0.1, 0.15) is 5.69 Å². The molecule has 0 saturated heterocycles. The number of benzene rings is 1. The minimum absolute atomic E-state index is 0.0811. The van der Waals surface area contributed by atoms with Crippen molar-refractivity contribution in [2.45, 2.75) is 39.0 Å². The lowest BCUT2D eigenvalue weighted by Gasteiger charge is -2.31. The minimum atomic E-state index is -0.728. The van der Waals surface area contributed by atoms with E-state index in [0.717, 1.165) is 17.5 Å². The van der Waals surface area contributed by atoms with Crippen LogP contribution in [0.25, 0.3) is 5.69 Å². The van der Waals surface area contributed by atoms with Gasteiger partial charge in [0.2, 0.25) is 5.88 Å². The van der Waals surface area contributed by atoms with E-state index < -0.39 is 11.2 Å². The summed E-state index contributed by atoms with van der Waals surface area (Å²) in [5.74, 6) is 0.808. The van der Waals surface area contributed by atoms with Crippen LogP contribution in [0, 0.1) is 12.8 Å². The molecule has 1 aliphatic carbocycles. The highest BCUT2D eigenvalue weighted by Crippen LogP contribution is 2.40. The van der Waals surface area contributed by atoms with Crippen molar-refractivity contribution in [1.82, 2.24) is 25.0 Å². The van der Waals surface area contributed by atoms with E-state index in [1.54, 1.807) is 6.07 Å². The fourth-order valence-electron chi connectivity index (χ4n) is 3.51. The predicted molar refractivity (Wildman–Crippen MR) is 116 cm³/mol. The number of H-pyrrole nitrogens is 2. The molecule has 11 heteroatoms. The Morgan fingerprint density at radius 1 is 1.13 bits per heavy atom. The van der Waals surface area contributed by atoms with Gasteiger partial charge in [0.25, 0.3) is 11.1 Å². The Kier molecular flexibility index (Phi) is 5.72. The molecule has 2 aromatic heterocycles. The second-order valence-electron chi connectivity index (χ2n) is 7.57. The average molecular weight is 464 g/mol. The van der Waals surface area contributed by atoms with E-state index in [9.17, 15) is 14.4 Å². The molecule has 0 amide bonds. The molecule has 2 heterocycles. The summed E-state index contributed by atoms with van der Waals surface area (Å²) in [7, 11) is 0. The molecule has 0 bridgehead atoms. The van der Waals surface area contributed by atoms with Gasteiger partial charge in [-0.1, -0.05) is 36.5 Å². The normalized spacial score (nSPS) is 14.8. The van der Waals surface area contributed by atoms with Crippen molar-refractivity contribution in [2.24, 2.45) is 5.92 Å². The molecule has 1 atom stereocenters. The van der Waals surface area contributed by atoms with Gasteiger partial charge < -0.3 is 4.74 Å². The molecule has 1 aromatic carbocycles. The van der Waals surface area contributed by atoms with Gasteiger partial charge in [-0.2, -0.15) is 9.78 Å². The van der Waals surface area contributed by atoms with E-state index in [-0.39, 0.29) is 44.5 Å². The lowest BCUT2D eigenvalue weighted by molar-refractivity contribution is 0.270. The molecule has 1 saturated carbocycles. The molecule has 0 radical (unpaired) electrons. The van der Waals surface area contributed by atoms with Crippen LogP contribution in [0.3, 0.4) is 0 Å². The molecule has 0 spiro atoms. The van der Waals surface area contributed by atoms with Crippen LogP contribution < -0.4 is 21.5 Å². The molecule has 4 rings (SSSR count). The zero-order valence-corrected chi connectivity index (χ0v) is 18.3. The van der Waals surface area contributed by atoms with Crippen molar-refractivity contribution in [3.05, 3.63) is 70.7 Å². The van der Waals surface area contributed by atoms with Gasteiger partial charge in [-0.05, 0) is 43.7 Å². The third kappa shape index (κ3) is 4.15. The molecule has 0 aliphatic heterocycles. The molecule has 162 valence electrons. The number of nitrogens with one attached hydrogen (secondary N) is 2. The maximum absolute atomic E-state index is 12.2. The number of hydrogen-bond acceptors (Lipinski definition) is 6. The van der Waals surface area contributed by atoms with E-state index in [2.05, 4.69) is 20.3 Å². The number of nitrogens with zero attached hydrogens (tertiary/aromatic N) is 3. The number of hydrogen-bond donors (Lipinski definition) is 2. The standard InChI is InChI=1S/C20H19Cl2N5O4/c1-9(11-4-3-5-11)13-8-16(24-25-19(13)29)31-17-14(21)6-12(7-15(17)22)27-20(30)23-18(28)10(2)26-27/h6-9,11H,3-5H2,1-2H3,(H,25,29)(H,23,28,30)/t9-/m0/s1. The Balaban J connectivity index is 1.67. The number of aryl methyl sites for hydroxylation is 1. The van der Waals surface area contributed by atoms with Crippen LogP contribution >= 0.6 is 23.2 Å². The SMILES string of the molecule is Cc1nn(-c2cc(Cl)c(Oc3cc([C@@H](C)C4CCC4)c(=O)[nH]n3)c(Cl)c2)c(=O)[nH]c1=O. The number of ether oxygens (including phenoxy) is 1.